The topological polar surface area (TPSA) is 35.5 Å². The van der Waals surface area contributed by atoms with Gasteiger partial charge in [0.15, 0.2) is 0 Å². The van der Waals surface area contributed by atoms with Crippen LogP contribution in [0.3, 0.4) is 0 Å². The zero-order valence-electron chi connectivity index (χ0n) is 16.9. The molecule has 0 aliphatic rings. The van der Waals surface area contributed by atoms with Gasteiger partial charge in [-0.25, -0.2) is 0 Å². The average Bonchev–Trinajstić information content (AvgIpc) is 2.66. The number of rotatable bonds is 16. The number of hydrogen-bond acceptors (Lipinski definition) is 3. The minimum atomic E-state index is -0.0881. The van der Waals surface area contributed by atoms with E-state index in [1.165, 1.54) is 57.8 Å². The molecule has 0 bridgehead atoms. The minimum absolute atomic E-state index is 0.0881. The van der Waals surface area contributed by atoms with Crippen LogP contribution in [0.1, 0.15) is 96.5 Å². The van der Waals surface area contributed by atoms with E-state index in [4.69, 9.17) is 9.47 Å². The van der Waals surface area contributed by atoms with E-state index in [-0.39, 0.29) is 5.97 Å². The standard InChI is InChI=1S/C23H38O3/c1-3-5-6-7-8-9-10-11-12-13-14-15-23(24)26-20-21-16-18-22(19-17-21)25-4-2/h16-19H,3-15,20H2,1-2H3. The normalized spacial score (nSPS) is 10.7. The molecule has 0 fully saturated rings. The van der Waals surface area contributed by atoms with Crippen molar-refractivity contribution in [2.45, 2.75) is 97.5 Å². The maximum absolute atomic E-state index is 11.8. The summed E-state index contributed by atoms with van der Waals surface area (Å²) in [4.78, 5) is 11.8. The molecule has 148 valence electrons. The second kappa shape index (κ2) is 15.7. The van der Waals surface area contributed by atoms with Crippen LogP contribution in [0.4, 0.5) is 0 Å². The molecule has 3 nitrogen and oxygen atoms in total. The first-order chi connectivity index (χ1) is 12.8. The van der Waals surface area contributed by atoms with Crippen LogP contribution in [-0.2, 0) is 16.1 Å². The van der Waals surface area contributed by atoms with Crippen LogP contribution in [0.15, 0.2) is 24.3 Å². The van der Waals surface area contributed by atoms with Gasteiger partial charge in [0, 0.05) is 6.42 Å². The van der Waals surface area contributed by atoms with Gasteiger partial charge in [-0.1, -0.05) is 83.3 Å². The summed E-state index contributed by atoms with van der Waals surface area (Å²) in [5.41, 5.74) is 1.00. The lowest BCUT2D eigenvalue weighted by Crippen LogP contribution is -2.04. The Bertz CT molecular complexity index is 453. The second-order valence-electron chi connectivity index (χ2n) is 7.02. The number of carbonyl (C=O) groups excluding carboxylic acids is 1. The van der Waals surface area contributed by atoms with E-state index in [0.29, 0.717) is 19.6 Å². The van der Waals surface area contributed by atoms with Crippen molar-refractivity contribution in [1.82, 2.24) is 0 Å². The molecule has 0 aliphatic heterocycles. The van der Waals surface area contributed by atoms with E-state index in [0.717, 1.165) is 24.2 Å². The highest BCUT2D eigenvalue weighted by Crippen LogP contribution is 2.14. The van der Waals surface area contributed by atoms with Crippen LogP contribution < -0.4 is 4.74 Å². The van der Waals surface area contributed by atoms with Gasteiger partial charge >= 0.3 is 5.97 Å². The molecule has 0 spiro atoms. The Labute approximate surface area is 160 Å². The summed E-state index contributed by atoms with van der Waals surface area (Å²) in [6, 6.07) is 7.72. The van der Waals surface area contributed by atoms with Gasteiger partial charge in [0.2, 0.25) is 0 Å². The molecule has 0 heterocycles. The molecule has 0 N–H and O–H groups in total. The highest BCUT2D eigenvalue weighted by molar-refractivity contribution is 5.69. The zero-order valence-corrected chi connectivity index (χ0v) is 16.9. The fourth-order valence-electron chi connectivity index (χ4n) is 3.02. The lowest BCUT2D eigenvalue weighted by molar-refractivity contribution is -0.145. The molecule has 0 aromatic heterocycles. The van der Waals surface area contributed by atoms with Crippen LogP contribution in [0, 0.1) is 0 Å². The van der Waals surface area contributed by atoms with Gasteiger partial charge in [-0.15, -0.1) is 0 Å². The summed E-state index contributed by atoms with van der Waals surface area (Å²) in [6.07, 6.45) is 14.7. The maximum Gasteiger partial charge on any atom is 0.306 e. The Morgan fingerprint density at radius 1 is 0.769 bits per heavy atom. The molecule has 0 aliphatic carbocycles. The van der Waals surface area contributed by atoms with Gasteiger partial charge in [-0.05, 0) is 31.0 Å². The van der Waals surface area contributed by atoms with E-state index in [9.17, 15) is 4.79 Å². The largest absolute Gasteiger partial charge is 0.494 e. The molecule has 0 saturated carbocycles. The Morgan fingerprint density at radius 3 is 1.85 bits per heavy atom. The van der Waals surface area contributed by atoms with Crippen molar-refractivity contribution in [3.63, 3.8) is 0 Å². The minimum Gasteiger partial charge on any atom is -0.494 e. The van der Waals surface area contributed by atoms with Crippen molar-refractivity contribution in [3.05, 3.63) is 29.8 Å². The molecule has 3 heteroatoms. The Morgan fingerprint density at radius 2 is 1.31 bits per heavy atom. The molecule has 0 unspecified atom stereocenters. The van der Waals surface area contributed by atoms with Crippen molar-refractivity contribution in [1.29, 1.82) is 0 Å². The molecule has 1 aromatic carbocycles. The quantitative estimate of drug-likeness (QED) is 0.239. The third-order valence-corrected chi connectivity index (χ3v) is 4.62. The van der Waals surface area contributed by atoms with Gasteiger partial charge < -0.3 is 9.47 Å². The molecule has 0 amide bonds. The van der Waals surface area contributed by atoms with Crippen LogP contribution in [0.2, 0.25) is 0 Å². The van der Waals surface area contributed by atoms with E-state index in [1.54, 1.807) is 0 Å². The van der Waals surface area contributed by atoms with E-state index in [2.05, 4.69) is 6.92 Å². The predicted molar refractivity (Wildman–Crippen MR) is 108 cm³/mol. The summed E-state index contributed by atoms with van der Waals surface area (Å²) in [5, 5.41) is 0. The Hall–Kier alpha value is -1.51. The Balaban J connectivity index is 1.93. The summed E-state index contributed by atoms with van der Waals surface area (Å²) >= 11 is 0. The molecule has 0 radical (unpaired) electrons. The van der Waals surface area contributed by atoms with Crippen LogP contribution >= 0.6 is 0 Å². The van der Waals surface area contributed by atoms with Gasteiger partial charge in [-0.2, -0.15) is 0 Å². The van der Waals surface area contributed by atoms with Crippen molar-refractivity contribution in [3.8, 4) is 5.75 Å². The van der Waals surface area contributed by atoms with Crippen LogP contribution in [0.25, 0.3) is 0 Å². The van der Waals surface area contributed by atoms with E-state index < -0.39 is 0 Å². The predicted octanol–water partition coefficient (Wildman–Crippen LogP) is 6.83. The molecule has 1 aromatic rings. The number of carbonyl (C=O) groups is 1. The number of benzene rings is 1. The summed E-state index contributed by atoms with van der Waals surface area (Å²) in [5.74, 6) is 0.762. The number of esters is 1. The van der Waals surface area contributed by atoms with Gasteiger partial charge in [0.05, 0.1) is 6.61 Å². The molecular weight excluding hydrogens is 324 g/mol. The SMILES string of the molecule is CCCCCCCCCCCCCC(=O)OCc1ccc(OCC)cc1. The molecular formula is C23H38O3. The third kappa shape index (κ3) is 11.9. The van der Waals surface area contributed by atoms with Gasteiger partial charge in [0.25, 0.3) is 0 Å². The van der Waals surface area contributed by atoms with E-state index in [1.807, 2.05) is 31.2 Å². The van der Waals surface area contributed by atoms with Crippen molar-refractivity contribution < 1.29 is 14.3 Å². The lowest BCUT2D eigenvalue weighted by Gasteiger charge is -2.07. The molecule has 0 saturated heterocycles. The van der Waals surface area contributed by atoms with Crippen molar-refractivity contribution in [2.24, 2.45) is 0 Å². The second-order valence-corrected chi connectivity index (χ2v) is 7.02. The smallest absolute Gasteiger partial charge is 0.306 e. The van der Waals surface area contributed by atoms with Crippen molar-refractivity contribution >= 4 is 5.97 Å². The number of hydrogen-bond donors (Lipinski definition) is 0. The first-order valence-corrected chi connectivity index (χ1v) is 10.6. The molecule has 1 rings (SSSR count). The summed E-state index contributed by atoms with van der Waals surface area (Å²) in [6.45, 7) is 5.23. The first kappa shape index (κ1) is 22.5. The Kier molecular flexibility index (Phi) is 13.6. The van der Waals surface area contributed by atoms with Gasteiger partial charge in [0.1, 0.15) is 12.4 Å². The monoisotopic (exact) mass is 362 g/mol. The highest BCUT2D eigenvalue weighted by Gasteiger charge is 2.04. The zero-order chi connectivity index (χ0) is 18.9. The fraction of sp³-hybridized carbons (Fsp3) is 0.696. The van der Waals surface area contributed by atoms with Crippen molar-refractivity contribution in [2.75, 3.05) is 6.61 Å². The fourth-order valence-corrected chi connectivity index (χ4v) is 3.02. The molecule has 0 atom stereocenters. The third-order valence-electron chi connectivity index (χ3n) is 4.62. The highest BCUT2D eigenvalue weighted by atomic mass is 16.5. The van der Waals surface area contributed by atoms with Gasteiger partial charge in [-0.3, -0.25) is 4.79 Å². The summed E-state index contributed by atoms with van der Waals surface area (Å²) in [7, 11) is 0. The number of ether oxygens (including phenoxy) is 2. The molecule has 26 heavy (non-hydrogen) atoms. The number of unbranched alkanes of at least 4 members (excludes halogenated alkanes) is 10. The maximum atomic E-state index is 11.8. The summed E-state index contributed by atoms with van der Waals surface area (Å²) < 4.78 is 10.7. The van der Waals surface area contributed by atoms with Crippen LogP contribution in [0.5, 0.6) is 5.75 Å². The van der Waals surface area contributed by atoms with Crippen LogP contribution in [-0.4, -0.2) is 12.6 Å². The average molecular weight is 363 g/mol. The first-order valence-electron chi connectivity index (χ1n) is 10.6. The lowest BCUT2D eigenvalue weighted by atomic mass is 10.1. The van der Waals surface area contributed by atoms with E-state index >= 15 is 0 Å².